The lowest BCUT2D eigenvalue weighted by atomic mass is 9.73. The second kappa shape index (κ2) is 14.0. The number of hydrogen-bond acceptors (Lipinski definition) is 5. The van der Waals surface area contributed by atoms with Gasteiger partial charge in [-0.2, -0.15) is 0 Å². The van der Waals surface area contributed by atoms with Crippen molar-refractivity contribution in [2.45, 2.75) is 71.1 Å². The Kier molecular flexibility index (Phi) is 10.2. The molecule has 0 fully saturated rings. The lowest BCUT2D eigenvalue weighted by Crippen LogP contribution is -2.33. The van der Waals surface area contributed by atoms with Gasteiger partial charge < -0.3 is 19.3 Å². The van der Waals surface area contributed by atoms with Gasteiger partial charge in [0, 0.05) is 11.8 Å². The van der Waals surface area contributed by atoms with E-state index in [0.717, 1.165) is 84.0 Å². The highest BCUT2D eigenvalue weighted by molar-refractivity contribution is 6.12. The van der Waals surface area contributed by atoms with Gasteiger partial charge in [-0.1, -0.05) is 38.8 Å². The first-order chi connectivity index (χ1) is 19.4. The molecule has 1 unspecified atom stereocenters. The maximum absolute atomic E-state index is 10.7. The number of fused-ring (bicyclic) bond motifs is 1. The number of aliphatic imine (C=N–C) groups is 1. The third kappa shape index (κ3) is 7.44. The minimum Gasteiger partial charge on any atom is -0.494 e. The maximum Gasteiger partial charge on any atom is 0.303 e. The number of rotatable bonds is 16. The summed E-state index contributed by atoms with van der Waals surface area (Å²) in [5, 5.41) is 8.83. The SMILES string of the molecule is CCCCOc1ccc(C2=Nc3ccc(OCCCC)cc3C2(C)Cc2ccc(OCCCC(=O)O)cc2)cc1. The number of carbonyl (C=O) groups is 1. The van der Waals surface area contributed by atoms with Crippen LogP contribution in [-0.4, -0.2) is 36.6 Å². The molecule has 212 valence electrons. The van der Waals surface area contributed by atoms with Crippen molar-refractivity contribution in [3.63, 3.8) is 0 Å². The highest BCUT2D eigenvalue weighted by Crippen LogP contribution is 2.46. The fraction of sp³-hybridized carbons (Fsp3) is 0.412. The Morgan fingerprint density at radius 2 is 1.32 bits per heavy atom. The van der Waals surface area contributed by atoms with Crippen LogP contribution in [-0.2, 0) is 16.6 Å². The average molecular weight is 544 g/mol. The van der Waals surface area contributed by atoms with Crippen LogP contribution in [0.5, 0.6) is 17.2 Å². The minimum atomic E-state index is -0.806. The summed E-state index contributed by atoms with van der Waals surface area (Å²) in [4.78, 5) is 15.9. The molecule has 0 aliphatic carbocycles. The number of unbranched alkanes of at least 4 members (excludes halogenated alkanes) is 2. The molecule has 1 N–H and O–H groups in total. The molecule has 3 aromatic rings. The van der Waals surface area contributed by atoms with Crippen molar-refractivity contribution in [2.75, 3.05) is 19.8 Å². The quantitative estimate of drug-likeness (QED) is 0.186. The molecular weight excluding hydrogens is 502 g/mol. The van der Waals surface area contributed by atoms with E-state index in [1.54, 1.807) is 0 Å². The number of carboxylic acid groups (broad SMARTS) is 1. The van der Waals surface area contributed by atoms with Gasteiger partial charge in [0.15, 0.2) is 0 Å². The van der Waals surface area contributed by atoms with E-state index in [1.807, 2.05) is 30.3 Å². The average Bonchev–Trinajstić information content (AvgIpc) is 3.24. The monoisotopic (exact) mass is 543 g/mol. The number of ether oxygens (including phenoxy) is 3. The van der Waals surface area contributed by atoms with E-state index in [1.165, 1.54) is 0 Å². The van der Waals surface area contributed by atoms with Gasteiger partial charge in [0.25, 0.3) is 0 Å². The van der Waals surface area contributed by atoms with Crippen molar-refractivity contribution < 1.29 is 24.1 Å². The molecule has 4 rings (SSSR count). The van der Waals surface area contributed by atoms with Crippen molar-refractivity contribution in [2.24, 2.45) is 4.99 Å². The first kappa shape index (κ1) is 29.2. The lowest BCUT2D eigenvalue weighted by Gasteiger charge is -2.29. The van der Waals surface area contributed by atoms with E-state index < -0.39 is 5.97 Å². The van der Waals surface area contributed by atoms with E-state index in [2.05, 4.69) is 57.2 Å². The Morgan fingerprint density at radius 1 is 0.775 bits per heavy atom. The minimum absolute atomic E-state index is 0.105. The zero-order chi connectivity index (χ0) is 28.4. The van der Waals surface area contributed by atoms with E-state index >= 15 is 0 Å². The Hall–Kier alpha value is -3.80. The fourth-order valence-electron chi connectivity index (χ4n) is 4.98. The molecule has 1 aliphatic heterocycles. The Labute approximate surface area is 238 Å². The van der Waals surface area contributed by atoms with Crippen molar-refractivity contribution in [3.05, 3.63) is 83.4 Å². The summed E-state index contributed by atoms with van der Waals surface area (Å²) in [7, 11) is 0. The predicted octanol–water partition coefficient (Wildman–Crippen LogP) is 7.92. The second-order valence-electron chi connectivity index (χ2n) is 10.6. The van der Waals surface area contributed by atoms with Gasteiger partial charge in [-0.15, -0.1) is 0 Å². The Balaban J connectivity index is 1.57. The standard InChI is InChI=1S/C34H41NO5/c1-4-6-20-38-28-16-12-26(13-17-28)33-34(3,30-23-29(40-21-7-5-2)18-19-31(30)35-33)24-25-10-14-27(15-11-25)39-22-8-9-32(36)37/h10-19,23H,4-9,20-22,24H2,1-3H3,(H,36,37). The second-order valence-corrected chi connectivity index (χ2v) is 10.6. The summed E-state index contributed by atoms with van der Waals surface area (Å²) in [6.07, 6.45) is 5.60. The number of carboxylic acids is 1. The molecule has 0 spiro atoms. The number of aliphatic carboxylic acids is 1. The van der Waals surface area contributed by atoms with Crippen LogP contribution in [0.3, 0.4) is 0 Å². The molecule has 40 heavy (non-hydrogen) atoms. The molecule has 0 amide bonds. The van der Waals surface area contributed by atoms with Crippen LogP contribution in [0.2, 0.25) is 0 Å². The van der Waals surface area contributed by atoms with Crippen molar-refractivity contribution in [1.82, 2.24) is 0 Å². The van der Waals surface area contributed by atoms with E-state index in [-0.39, 0.29) is 11.8 Å². The normalized spacial score (nSPS) is 15.8. The Bertz CT molecular complexity index is 1280. The first-order valence-corrected chi connectivity index (χ1v) is 14.5. The van der Waals surface area contributed by atoms with Gasteiger partial charge in [0.1, 0.15) is 17.2 Å². The zero-order valence-electron chi connectivity index (χ0n) is 23.9. The predicted molar refractivity (Wildman–Crippen MR) is 160 cm³/mol. The molecule has 0 aromatic heterocycles. The summed E-state index contributed by atoms with van der Waals surface area (Å²) >= 11 is 0. The molecule has 0 saturated carbocycles. The number of hydrogen-bond donors (Lipinski definition) is 1. The molecule has 0 saturated heterocycles. The smallest absolute Gasteiger partial charge is 0.303 e. The fourth-order valence-corrected chi connectivity index (χ4v) is 4.98. The molecule has 1 heterocycles. The van der Waals surface area contributed by atoms with Crippen LogP contribution in [0.15, 0.2) is 71.7 Å². The van der Waals surface area contributed by atoms with Crippen molar-refractivity contribution >= 4 is 17.4 Å². The number of benzene rings is 3. The number of nitrogens with zero attached hydrogens (tertiary/aromatic N) is 1. The van der Waals surface area contributed by atoms with Crippen LogP contribution < -0.4 is 14.2 Å². The highest BCUT2D eigenvalue weighted by Gasteiger charge is 2.40. The van der Waals surface area contributed by atoms with Gasteiger partial charge in [-0.05, 0) is 104 Å². The van der Waals surface area contributed by atoms with E-state index in [9.17, 15) is 4.79 Å². The molecule has 0 bridgehead atoms. The molecule has 6 heteroatoms. The molecule has 6 nitrogen and oxygen atoms in total. The largest absolute Gasteiger partial charge is 0.494 e. The van der Waals surface area contributed by atoms with Gasteiger partial charge in [0.05, 0.1) is 31.2 Å². The van der Waals surface area contributed by atoms with Crippen LogP contribution in [0.25, 0.3) is 0 Å². The third-order valence-electron chi connectivity index (χ3n) is 7.26. The van der Waals surface area contributed by atoms with E-state index in [4.69, 9.17) is 24.3 Å². The highest BCUT2D eigenvalue weighted by atomic mass is 16.5. The molecule has 0 radical (unpaired) electrons. The first-order valence-electron chi connectivity index (χ1n) is 14.5. The van der Waals surface area contributed by atoms with Crippen LogP contribution >= 0.6 is 0 Å². The van der Waals surface area contributed by atoms with Gasteiger partial charge in [-0.3, -0.25) is 9.79 Å². The summed E-state index contributed by atoms with van der Waals surface area (Å²) in [5.74, 6) is 1.68. The maximum atomic E-state index is 10.7. The molecular formula is C34H41NO5. The zero-order valence-corrected chi connectivity index (χ0v) is 23.9. The molecule has 3 aromatic carbocycles. The molecule has 1 aliphatic rings. The Morgan fingerprint density at radius 3 is 1.93 bits per heavy atom. The van der Waals surface area contributed by atoms with Crippen LogP contribution in [0.1, 0.15) is 76.0 Å². The van der Waals surface area contributed by atoms with Crippen LogP contribution in [0.4, 0.5) is 5.69 Å². The summed E-state index contributed by atoms with van der Waals surface area (Å²) in [5.41, 5.74) is 5.04. The summed E-state index contributed by atoms with van der Waals surface area (Å²) in [6, 6.07) is 22.6. The summed E-state index contributed by atoms with van der Waals surface area (Å²) in [6.45, 7) is 8.39. The topological polar surface area (TPSA) is 77.3 Å². The third-order valence-corrected chi connectivity index (χ3v) is 7.26. The summed E-state index contributed by atoms with van der Waals surface area (Å²) < 4.78 is 17.7. The molecule has 1 atom stereocenters. The van der Waals surface area contributed by atoms with Gasteiger partial charge >= 0.3 is 5.97 Å². The van der Waals surface area contributed by atoms with Crippen molar-refractivity contribution in [3.8, 4) is 17.2 Å². The van der Waals surface area contributed by atoms with Gasteiger partial charge in [0.2, 0.25) is 0 Å². The van der Waals surface area contributed by atoms with E-state index in [0.29, 0.717) is 19.6 Å². The van der Waals surface area contributed by atoms with Crippen LogP contribution in [0, 0.1) is 0 Å². The lowest BCUT2D eigenvalue weighted by molar-refractivity contribution is -0.137. The van der Waals surface area contributed by atoms with Gasteiger partial charge in [-0.25, -0.2) is 0 Å². The van der Waals surface area contributed by atoms with Crippen molar-refractivity contribution in [1.29, 1.82) is 0 Å².